The fraction of sp³-hybridized carbons (Fsp3) is 0.200. The van der Waals surface area contributed by atoms with Crippen LogP contribution in [0.5, 0.6) is 5.75 Å². The van der Waals surface area contributed by atoms with Crippen molar-refractivity contribution in [2.45, 2.75) is 6.54 Å². The number of aromatic nitrogens is 3. The first-order valence-electron chi connectivity index (χ1n) is 4.76. The summed E-state index contributed by atoms with van der Waals surface area (Å²) in [5, 5.41) is 2.61. The molecular formula is C10H10ClN3O2. The van der Waals surface area contributed by atoms with E-state index in [0.717, 1.165) is 5.75 Å². The van der Waals surface area contributed by atoms with Gasteiger partial charge in [0.1, 0.15) is 12.4 Å². The van der Waals surface area contributed by atoms with Crippen LogP contribution >= 0.6 is 11.6 Å². The summed E-state index contributed by atoms with van der Waals surface area (Å²) >= 11 is 5.69. The van der Waals surface area contributed by atoms with E-state index in [1.807, 2.05) is 30.3 Å². The van der Waals surface area contributed by atoms with Crippen molar-refractivity contribution in [3.05, 3.63) is 46.1 Å². The Kier molecular flexibility index (Phi) is 3.26. The number of hydrogen-bond acceptors (Lipinski definition) is 3. The Labute approximate surface area is 96.6 Å². The highest BCUT2D eigenvalue weighted by molar-refractivity contribution is 6.28. The summed E-state index contributed by atoms with van der Waals surface area (Å²) in [5.41, 5.74) is -0.454. The van der Waals surface area contributed by atoms with Crippen molar-refractivity contribution in [2.75, 3.05) is 6.61 Å². The average molecular weight is 240 g/mol. The molecule has 16 heavy (non-hydrogen) atoms. The van der Waals surface area contributed by atoms with E-state index >= 15 is 0 Å². The molecule has 0 radical (unpaired) electrons. The van der Waals surface area contributed by atoms with Gasteiger partial charge in [-0.3, -0.25) is 4.68 Å². The number of para-hydroxylation sites is 1. The lowest BCUT2D eigenvalue weighted by Crippen LogP contribution is -2.12. The summed E-state index contributed by atoms with van der Waals surface area (Å²) in [6.07, 6.45) is 0. The summed E-state index contributed by atoms with van der Waals surface area (Å²) < 4.78 is 6.88. The molecular weight excluding hydrogens is 230 g/mol. The van der Waals surface area contributed by atoms with Gasteiger partial charge >= 0.3 is 5.69 Å². The molecule has 0 atom stereocenters. The topological polar surface area (TPSA) is 59.9 Å². The van der Waals surface area contributed by atoms with Crippen LogP contribution in [0.15, 0.2) is 35.1 Å². The third-order valence-corrected chi connectivity index (χ3v) is 2.26. The Bertz CT molecular complexity index is 506. The summed E-state index contributed by atoms with van der Waals surface area (Å²) in [4.78, 5) is 14.3. The summed E-state index contributed by atoms with van der Waals surface area (Å²) in [5.74, 6) is 0.779. The largest absolute Gasteiger partial charge is 0.492 e. The highest BCUT2D eigenvalue weighted by atomic mass is 35.5. The number of halogens is 1. The lowest BCUT2D eigenvalue weighted by Gasteiger charge is -2.06. The van der Waals surface area contributed by atoms with Gasteiger partial charge in [0.25, 0.3) is 0 Å². The molecule has 0 saturated heterocycles. The molecule has 6 heteroatoms. The second kappa shape index (κ2) is 4.85. The molecule has 0 aliphatic rings. The molecule has 1 aromatic carbocycles. The second-order valence-corrected chi connectivity index (χ2v) is 3.45. The lowest BCUT2D eigenvalue weighted by molar-refractivity contribution is 0.291. The average Bonchev–Trinajstić information content (AvgIpc) is 2.59. The minimum atomic E-state index is -0.454. The van der Waals surface area contributed by atoms with Crippen molar-refractivity contribution in [3.8, 4) is 5.75 Å². The van der Waals surface area contributed by atoms with Crippen molar-refractivity contribution >= 4 is 11.6 Å². The molecule has 1 aromatic heterocycles. The highest BCUT2D eigenvalue weighted by Gasteiger charge is 2.02. The van der Waals surface area contributed by atoms with Gasteiger partial charge in [0.2, 0.25) is 5.28 Å². The maximum atomic E-state index is 10.8. The van der Waals surface area contributed by atoms with Gasteiger partial charge in [-0.25, -0.2) is 9.89 Å². The number of rotatable bonds is 4. The molecule has 0 unspecified atom stereocenters. The van der Waals surface area contributed by atoms with E-state index in [0.29, 0.717) is 13.2 Å². The van der Waals surface area contributed by atoms with Gasteiger partial charge in [-0.2, -0.15) is 4.98 Å². The Morgan fingerprint density at radius 2 is 2.12 bits per heavy atom. The van der Waals surface area contributed by atoms with Crippen LogP contribution in [0.4, 0.5) is 0 Å². The van der Waals surface area contributed by atoms with Crippen molar-refractivity contribution in [1.82, 2.24) is 14.8 Å². The van der Waals surface area contributed by atoms with Gasteiger partial charge in [0, 0.05) is 0 Å². The van der Waals surface area contributed by atoms with Crippen molar-refractivity contribution in [1.29, 1.82) is 0 Å². The van der Waals surface area contributed by atoms with Crippen LogP contribution < -0.4 is 10.4 Å². The van der Waals surface area contributed by atoms with Crippen LogP contribution in [0.3, 0.4) is 0 Å². The Morgan fingerprint density at radius 1 is 1.38 bits per heavy atom. The standard InChI is InChI=1S/C10H10ClN3O2/c11-9-12-10(15)13-14(9)6-7-16-8-4-2-1-3-5-8/h1-5H,6-7H2,(H,13,15). The molecule has 1 N–H and O–H groups in total. The van der Waals surface area contributed by atoms with Gasteiger partial charge in [-0.1, -0.05) is 18.2 Å². The number of benzene rings is 1. The predicted molar refractivity (Wildman–Crippen MR) is 59.8 cm³/mol. The van der Waals surface area contributed by atoms with Crippen LogP contribution in [0.1, 0.15) is 0 Å². The number of ether oxygens (including phenoxy) is 1. The molecule has 0 aliphatic heterocycles. The Hall–Kier alpha value is -1.75. The molecule has 0 aliphatic carbocycles. The third-order valence-electron chi connectivity index (χ3n) is 1.97. The highest BCUT2D eigenvalue weighted by Crippen LogP contribution is 2.08. The van der Waals surface area contributed by atoms with Crippen molar-refractivity contribution < 1.29 is 4.74 Å². The first-order chi connectivity index (χ1) is 7.75. The van der Waals surface area contributed by atoms with Gasteiger partial charge in [-0.05, 0) is 23.7 Å². The molecule has 0 fully saturated rings. The van der Waals surface area contributed by atoms with Gasteiger partial charge in [-0.15, -0.1) is 0 Å². The molecule has 84 valence electrons. The van der Waals surface area contributed by atoms with Gasteiger partial charge < -0.3 is 4.74 Å². The fourth-order valence-corrected chi connectivity index (χ4v) is 1.45. The van der Waals surface area contributed by atoms with E-state index in [1.165, 1.54) is 4.68 Å². The van der Waals surface area contributed by atoms with Crippen LogP contribution in [0.2, 0.25) is 5.28 Å². The van der Waals surface area contributed by atoms with E-state index < -0.39 is 5.69 Å². The maximum absolute atomic E-state index is 10.8. The van der Waals surface area contributed by atoms with E-state index in [9.17, 15) is 4.79 Å². The summed E-state index contributed by atoms with van der Waals surface area (Å²) in [6.45, 7) is 0.860. The van der Waals surface area contributed by atoms with Gasteiger partial charge in [0.05, 0.1) is 6.54 Å². The lowest BCUT2D eigenvalue weighted by atomic mass is 10.3. The molecule has 5 nitrogen and oxygen atoms in total. The third kappa shape index (κ3) is 2.64. The van der Waals surface area contributed by atoms with Crippen molar-refractivity contribution in [2.24, 2.45) is 0 Å². The quantitative estimate of drug-likeness (QED) is 0.875. The zero-order valence-corrected chi connectivity index (χ0v) is 9.15. The molecule has 1 heterocycles. The molecule has 0 spiro atoms. The number of H-pyrrole nitrogens is 1. The maximum Gasteiger partial charge on any atom is 0.362 e. The van der Waals surface area contributed by atoms with E-state index in [1.54, 1.807) is 0 Å². The minimum Gasteiger partial charge on any atom is -0.492 e. The zero-order valence-electron chi connectivity index (χ0n) is 8.39. The molecule has 2 aromatic rings. The normalized spacial score (nSPS) is 10.3. The summed E-state index contributed by atoms with van der Waals surface area (Å²) in [6, 6.07) is 9.41. The van der Waals surface area contributed by atoms with E-state index in [2.05, 4.69) is 10.1 Å². The molecule has 0 bridgehead atoms. The fourth-order valence-electron chi connectivity index (χ4n) is 1.25. The first kappa shape index (κ1) is 10.8. The number of hydrogen-bond donors (Lipinski definition) is 1. The predicted octanol–water partition coefficient (Wildman–Crippen LogP) is 1.30. The van der Waals surface area contributed by atoms with Gasteiger partial charge in [0.15, 0.2) is 0 Å². The smallest absolute Gasteiger partial charge is 0.362 e. The van der Waals surface area contributed by atoms with E-state index in [4.69, 9.17) is 16.3 Å². The van der Waals surface area contributed by atoms with Crippen LogP contribution in [-0.2, 0) is 6.54 Å². The van der Waals surface area contributed by atoms with Crippen LogP contribution in [-0.4, -0.2) is 21.4 Å². The zero-order chi connectivity index (χ0) is 11.4. The van der Waals surface area contributed by atoms with E-state index in [-0.39, 0.29) is 5.28 Å². The van der Waals surface area contributed by atoms with Crippen molar-refractivity contribution in [3.63, 3.8) is 0 Å². The van der Waals surface area contributed by atoms with Crippen LogP contribution in [0, 0.1) is 0 Å². The second-order valence-electron chi connectivity index (χ2n) is 3.11. The molecule has 0 amide bonds. The first-order valence-corrected chi connectivity index (χ1v) is 5.14. The molecule has 0 saturated carbocycles. The Balaban J connectivity index is 1.89. The van der Waals surface area contributed by atoms with Crippen LogP contribution in [0.25, 0.3) is 0 Å². The number of nitrogens with one attached hydrogen (secondary N) is 1. The number of aromatic amines is 1. The Morgan fingerprint density at radius 3 is 2.75 bits per heavy atom. The minimum absolute atomic E-state index is 0.140. The SMILES string of the molecule is O=c1nc(Cl)n(CCOc2ccccc2)[nH]1. The molecule has 2 rings (SSSR count). The monoisotopic (exact) mass is 239 g/mol. The number of nitrogens with zero attached hydrogens (tertiary/aromatic N) is 2. The summed E-state index contributed by atoms with van der Waals surface area (Å²) in [7, 11) is 0.